The molecule has 0 aliphatic rings. The van der Waals surface area contributed by atoms with Crippen LogP contribution in [0.2, 0.25) is 0 Å². The van der Waals surface area contributed by atoms with Crippen molar-refractivity contribution in [3.05, 3.63) is 34.1 Å². The summed E-state index contributed by atoms with van der Waals surface area (Å²) in [6, 6.07) is 4.28. The summed E-state index contributed by atoms with van der Waals surface area (Å²) < 4.78 is 6.59. The molecule has 9 nitrogen and oxygen atoms in total. The van der Waals surface area contributed by atoms with Gasteiger partial charge in [0.2, 0.25) is 4.96 Å². The number of nitrogens with two attached hydrogens (primary N) is 1. The number of nitro groups is 1. The third-order valence-electron chi connectivity index (χ3n) is 2.81. The lowest BCUT2D eigenvalue weighted by atomic mass is 10.2. The second kappa shape index (κ2) is 5.07. The molecular formula is C11H10N6O3S. The van der Waals surface area contributed by atoms with Gasteiger partial charge in [-0.25, -0.2) is 0 Å². The van der Waals surface area contributed by atoms with Crippen LogP contribution in [-0.2, 0) is 11.3 Å². The lowest BCUT2D eigenvalue weighted by Crippen LogP contribution is -1.98. The molecule has 2 N–H and O–H groups in total. The highest BCUT2D eigenvalue weighted by atomic mass is 32.1. The van der Waals surface area contributed by atoms with Crippen LogP contribution in [0.25, 0.3) is 15.5 Å². The van der Waals surface area contributed by atoms with Gasteiger partial charge in [-0.3, -0.25) is 10.1 Å². The van der Waals surface area contributed by atoms with Crippen molar-refractivity contribution in [2.75, 3.05) is 12.8 Å². The van der Waals surface area contributed by atoms with Gasteiger partial charge in [-0.15, -0.1) is 10.2 Å². The summed E-state index contributed by atoms with van der Waals surface area (Å²) in [5, 5.41) is 23.7. The lowest BCUT2D eigenvalue weighted by molar-refractivity contribution is -0.384. The predicted molar refractivity (Wildman–Crippen MR) is 75.9 cm³/mol. The molecule has 3 rings (SSSR count). The van der Waals surface area contributed by atoms with E-state index in [9.17, 15) is 10.1 Å². The zero-order valence-corrected chi connectivity index (χ0v) is 11.7. The number of nitrogen functional groups attached to an aromatic ring is 1. The van der Waals surface area contributed by atoms with E-state index in [0.717, 1.165) is 0 Å². The first-order valence-corrected chi connectivity index (χ1v) is 6.66. The van der Waals surface area contributed by atoms with Crippen LogP contribution in [-0.4, -0.2) is 31.8 Å². The number of benzene rings is 1. The van der Waals surface area contributed by atoms with Crippen LogP contribution in [0.1, 0.15) is 5.82 Å². The molecule has 2 heterocycles. The van der Waals surface area contributed by atoms with Gasteiger partial charge in [-0.05, 0) is 6.07 Å². The Morgan fingerprint density at radius 2 is 2.29 bits per heavy atom. The van der Waals surface area contributed by atoms with Gasteiger partial charge in [0.05, 0.1) is 4.92 Å². The average Bonchev–Trinajstić information content (AvgIpc) is 3.01. The topological polar surface area (TPSA) is 121 Å². The highest BCUT2D eigenvalue weighted by Gasteiger charge is 2.16. The monoisotopic (exact) mass is 306 g/mol. The van der Waals surface area contributed by atoms with E-state index in [-0.39, 0.29) is 5.69 Å². The number of hydrogen-bond donors (Lipinski definition) is 1. The fraction of sp³-hybridized carbons (Fsp3) is 0.182. The first-order valence-electron chi connectivity index (χ1n) is 5.84. The van der Waals surface area contributed by atoms with Gasteiger partial charge in [-0.1, -0.05) is 11.3 Å². The van der Waals surface area contributed by atoms with Crippen LogP contribution in [0.15, 0.2) is 18.2 Å². The lowest BCUT2D eigenvalue weighted by Gasteiger charge is -2.01. The number of nitro benzene ring substituents is 1. The number of fused-ring (bicyclic) bond motifs is 1. The molecule has 0 unspecified atom stereocenters. The third kappa shape index (κ3) is 2.30. The van der Waals surface area contributed by atoms with Crippen LogP contribution in [0.5, 0.6) is 0 Å². The van der Waals surface area contributed by atoms with E-state index >= 15 is 0 Å². The van der Waals surface area contributed by atoms with Crippen LogP contribution in [0.4, 0.5) is 11.4 Å². The minimum atomic E-state index is -0.491. The Morgan fingerprint density at radius 1 is 1.48 bits per heavy atom. The maximum Gasteiger partial charge on any atom is 0.271 e. The van der Waals surface area contributed by atoms with E-state index in [0.29, 0.717) is 33.7 Å². The van der Waals surface area contributed by atoms with Crippen LogP contribution < -0.4 is 5.73 Å². The Labute approximate surface area is 122 Å². The molecule has 0 fully saturated rings. The summed E-state index contributed by atoms with van der Waals surface area (Å²) in [6.07, 6.45) is 0. The molecule has 0 radical (unpaired) electrons. The number of non-ortho nitro benzene ring substituents is 1. The number of ether oxygens (including phenoxy) is 1. The van der Waals surface area contributed by atoms with Gasteiger partial charge in [0.1, 0.15) is 11.6 Å². The molecule has 10 heteroatoms. The van der Waals surface area contributed by atoms with Crippen molar-refractivity contribution < 1.29 is 9.66 Å². The Kier molecular flexibility index (Phi) is 3.23. The Hall–Kier alpha value is -2.59. The second-order valence-electron chi connectivity index (χ2n) is 4.18. The van der Waals surface area contributed by atoms with Crippen molar-refractivity contribution >= 4 is 27.7 Å². The number of hydrogen-bond acceptors (Lipinski definition) is 8. The molecule has 0 atom stereocenters. The Balaban J connectivity index is 2.06. The summed E-state index contributed by atoms with van der Waals surface area (Å²) in [5.74, 6) is 0.579. The van der Waals surface area contributed by atoms with Crippen LogP contribution in [0, 0.1) is 10.1 Å². The summed E-state index contributed by atoms with van der Waals surface area (Å²) in [6.45, 7) is 0.292. The number of rotatable bonds is 4. The highest BCUT2D eigenvalue weighted by Crippen LogP contribution is 2.32. The second-order valence-corrected chi connectivity index (χ2v) is 5.14. The SMILES string of the molecule is COCc1nnc2sc(-c3ccc([N+](=O)[O-])cc3N)nn12. The van der Waals surface area contributed by atoms with Gasteiger partial charge in [0, 0.05) is 30.5 Å². The van der Waals surface area contributed by atoms with Crippen molar-refractivity contribution in [3.8, 4) is 10.6 Å². The average molecular weight is 306 g/mol. The molecule has 21 heavy (non-hydrogen) atoms. The van der Waals surface area contributed by atoms with Crippen LogP contribution in [0.3, 0.4) is 0 Å². The van der Waals surface area contributed by atoms with E-state index in [1.807, 2.05) is 0 Å². The molecule has 0 saturated heterocycles. The molecule has 108 valence electrons. The fourth-order valence-electron chi connectivity index (χ4n) is 1.84. The van der Waals surface area contributed by atoms with Gasteiger partial charge in [-0.2, -0.15) is 9.61 Å². The molecule has 0 amide bonds. The van der Waals surface area contributed by atoms with Gasteiger partial charge in [0.15, 0.2) is 5.82 Å². The first-order chi connectivity index (χ1) is 10.1. The molecule has 0 aliphatic carbocycles. The van der Waals surface area contributed by atoms with E-state index in [2.05, 4.69) is 15.3 Å². The minimum absolute atomic E-state index is 0.0562. The normalized spacial score (nSPS) is 11.1. The van der Waals surface area contributed by atoms with Gasteiger partial charge < -0.3 is 10.5 Å². The number of nitrogens with zero attached hydrogens (tertiary/aromatic N) is 5. The molecule has 0 spiro atoms. The number of methoxy groups -OCH3 is 1. The largest absolute Gasteiger partial charge is 0.398 e. The molecule has 0 bridgehead atoms. The molecule has 0 aliphatic heterocycles. The Bertz CT molecular complexity index is 827. The zero-order chi connectivity index (χ0) is 15.0. The van der Waals surface area contributed by atoms with Crippen molar-refractivity contribution in [1.82, 2.24) is 19.8 Å². The minimum Gasteiger partial charge on any atom is -0.398 e. The van der Waals surface area contributed by atoms with Crippen molar-refractivity contribution in [1.29, 1.82) is 0 Å². The summed E-state index contributed by atoms with van der Waals surface area (Å²) in [7, 11) is 1.56. The standard InChI is InChI=1S/C11H10N6O3S/c1-20-5-9-13-14-11-16(9)15-10(21-11)7-3-2-6(17(18)19)4-8(7)12/h2-4H,5,12H2,1H3. The highest BCUT2D eigenvalue weighted by molar-refractivity contribution is 7.19. The Morgan fingerprint density at radius 3 is 2.95 bits per heavy atom. The summed E-state index contributed by atoms with van der Waals surface area (Å²) in [4.78, 5) is 10.8. The molecule has 2 aromatic heterocycles. The molecule has 3 aromatic rings. The molecule has 1 aromatic carbocycles. The van der Waals surface area contributed by atoms with Gasteiger partial charge >= 0.3 is 0 Å². The van der Waals surface area contributed by atoms with Crippen LogP contribution >= 0.6 is 11.3 Å². The number of aromatic nitrogens is 4. The molecule has 0 saturated carbocycles. The summed E-state index contributed by atoms with van der Waals surface area (Å²) in [5.41, 5.74) is 6.73. The van der Waals surface area contributed by atoms with E-state index < -0.39 is 4.92 Å². The summed E-state index contributed by atoms with van der Waals surface area (Å²) >= 11 is 1.30. The third-order valence-corrected chi connectivity index (χ3v) is 3.74. The maximum atomic E-state index is 10.7. The van der Waals surface area contributed by atoms with Gasteiger partial charge in [0.25, 0.3) is 5.69 Å². The quantitative estimate of drug-likeness (QED) is 0.440. The van der Waals surface area contributed by atoms with Crippen molar-refractivity contribution in [2.24, 2.45) is 0 Å². The molecular weight excluding hydrogens is 296 g/mol. The van der Waals surface area contributed by atoms with Crippen molar-refractivity contribution in [3.63, 3.8) is 0 Å². The first kappa shape index (κ1) is 13.4. The zero-order valence-electron chi connectivity index (χ0n) is 10.9. The maximum absolute atomic E-state index is 10.7. The van der Waals surface area contributed by atoms with E-state index in [1.54, 1.807) is 17.7 Å². The van der Waals surface area contributed by atoms with Crippen molar-refractivity contribution in [2.45, 2.75) is 6.61 Å². The predicted octanol–water partition coefficient (Wildman–Crippen LogP) is 1.49. The number of anilines is 1. The van der Waals surface area contributed by atoms with E-state index in [4.69, 9.17) is 10.5 Å². The fourth-order valence-corrected chi connectivity index (χ4v) is 2.75. The van der Waals surface area contributed by atoms with E-state index in [1.165, 1.54) is 23.5 Å². The smallest absolute Gasteiger partial charge is 0.271 e.